The number of nitrogens with zero attached hydrogens (tertiary/aromatic N) is 2. The number of benzene rings is 1. The fourth-order valence-electron chi connectivity index (χ4n) is 2.36. The van der Waals surface area contributed by atoms with Gasteiger partial charge in [-0.05, 0) is 56.7 Å². The first kappa shape index (κ1) is 17.3. The number of hydrogen-bond donors (Lipinski definition) is 2. The van der Waals surface area contributed by atoms with Crippen molar-refractivity contribution in [1.82, 2.24) is 9.97 Å². The van der Waals surface area contributed by atoms with E-state index in [2.05, 4.69) is 15.3 Å². The van der Waals surface area contributed by atoms with Crippen molar-refractivity contribution in [3.8, 4) is 5.75 Å². The van der Waals surface area contributed by atoms with Crippen molar-refractivity contribution >= 4 is 23.4 Å². The molecule has 1 aromatic carbocycles. The first-order chi connectivity index (χ1) is 10.9. The largest absolute Gasteiger partial charge is 0.506 e. The second-order valence-electron chi connectivity index (χ2n) is 5.43. The van der Waals surface area contributed by atoms with Crippen LogP contribution < -0.4 is 5.32 Å². The highest BCUT2D eigenvalue weighted by atomic mass is 32.2. The molecule has 0 fully saturated rings. The fraction of sp³-hybridized carbons (Fsp3) is 0.353. The minimum atomic E-state index is -0.142. The summed E-state index contributed by atoms with van der Waals surface area (Å²) in [5, 5.41) is 13.3. The molecule has 2 N–H and O–H groups in total. The SMILES string of the molecule is CSc1nc(C)c(CCC(=O)Nc2ccc(C)cc2O)c(C)n1. The van der Waals surface area contributed by atoms with E-state index in [1.165, 1.54) is 11.8 Å². The Hall–Kier alpha value is -2.08. The van der Waals surface area contributed by atoms with Crippen LogP contribution in [0.1, 0.15) is 28.9 Å². The van der Waals surface area contributed by atoms with Gasteiger partial charge in [0.05, 0.1) is 5.69 Å². The summed E-state index contributed by atoms with van der Waals surface area (Å²) in [4.78, 5) is 20.9. The number of rotatable bonds is 5. The van der Waals surface area contributed by atoms with Gasteiger partial charge in [-0.2, -0.15) is 0 Å². The summed E-state index contributed by atoms with van der Waals surface area (Å²) in [6, 6.07) is 5.17. The van der Waals surface area contributed by atoms with Gasteiger partial charge in [0.25, 0.3) is 0 Å². The Morgan fingerprint density at radius 3 is 2.43 bits per heavy atom. The Morgan fingerprint density at radius 2 is 1.87 bits per heavy atom. The van der Waals surface area contributed by atoms with Crippen LogP contribution >= 0.6 is 11.8 Å². The summed E-state index contributed by atoms with van der Waals surface area (Å²) in [5.74, 6) is -0.0599. The molecular formula is C17H21N3O2S. The molecule has 0 atom stereocenters. The molecule has 0 saturated carbocycles. The van der Waals surface area contributed by atoms with Crippen molar-refractivity contribution < 1.29 is 9.90 Å². The smallest absolute Gasteiger partial charge is 0.224 e. The lowest BCUT2D eigenvalue weighted by atomic mass is 10.1. The number of thioether (sulfide) groups is 1. The number of aromatic hydroxyl groups is 1. The summed E-state index contributed by atoms with van der Waals surface area (Å²) in [6.07, 6.45) is 2.83. The Balaban J connectivity index is 2.02. The fourth-order valence-corrected chi connectivity index (χ4v) is 2.82. The van der Waals surface area contributed by atoms with E-state index in [9.17, 15) is 9.90 Å². The average molecular weight is 331 g/mol. The molecule has 0 saturated heterocycles. The van der Waals surface area contributed by atoms with Crippen LogP contribution in [0, 0.1) is 20.8 Å². The predicted molar refractivity (Wildman–Crippen MR) is 93.1 cm³/mol. The maximum atomic E-state index is 12.1. The summed E-state index contributed by atoms with van der Waals surface area (Å²) >= 11 is 1.51. The molecule has 0 unspecified atom stereocenters. The molecule has 122 valence electrons. The minimum Gasteiger partial charge on any atom is -0.506 e. The lowest BCUT2D eigenvalue weighted by Crippen LogP contribution is -2.14. The Labute approximate surface area is 140 Å². The summed E-state index contributed by atoms with van der Waals surface area (Å²) in [5.41, 5.74) is 4.20. The van der Waals surface area contributed by atoms with Crippen LogP contribution in [0.4, 0.5) is 5.69 Å². The van der Waals surface area contributed by atoms with E-state index in [1.807, 2.05) is 33.1 Å². The molecule has 23 heavy (non-hydrogen) atoms. The van der Waals surface area contributed by atoms with Gasteiger partial charge in [-0.1, -0.05) is 17.8 Å². The Kier molecular flexibility index (Phi) is 5.60. The highest BCUT2D eigenvalue weighted by Gasteiger charge is 2.12. The molecule has 0 spiro atoms. The second kappa shape index (κ2) is 7.46. The van der Waals surface area contributed by atoms with Crippen LogP contribution in [0.3, 0.4) is 0 Å². The lowest BCUT2D eigenvalue weighted by Gasteiger charge is -2.11. The topological polar surface area (TPSA) is 75.1 Å². The molecule has 0 aliphatic heterocycles. The maximum absolute atomic E-state index is 12.1. The van der Waals surface area contributed by atoms with Gasteiger partial charge in [-0.25, -0.2) is 9.97 Å². The van der Waals surface area contributed by atoms with Gasteiger partial charge >= 0.3 is 0 Å². The third-order valence-electron chi connectivity index (χ3n) is 3.61. The molecule has 2 rings (SSSR count). The maximum Gasteiger partial charge on any atom is 0.224 e. The van der Waals surface area contributed by atoms with Crippen molar-refractivity contribution in [1.29, 1.82) is 0 Å². The van der Waals surface area contributed by atoms with Crippen molar-refractivity contribution in [2.75, 3.05) is 11.6 Å². The number of aromatic nitrogens is 2. The quantitative estimate of drug-likeness (QED) is 0.499. The number of nitrogens with one attached hydrogen (secondary N) is 1. The molecule has 0 bridgehead atoms. The van der Waals surface area contributed by atoms with Gasteiger partial charge in [-0.15, -0.1) is 0 Å². The summed E-state index contributed by atoms with van der Waals surface area (Å²) in [6.45, 7) is 5.76. The number of carbonyl (C=O) groups is 1. The van der Waals surface area contributed by atoms with Gasteiger partial charge < -0.3 is 10.4 Å². The van der Waals surface area contributed by atoms with Gasteiger partial charge in [0, 0.05) is 17.8 Å². The van der Waals surface area contributed by atoms with Crippen molar-refractivity contribution in [3.63, 3.8) is 0 Å². The standard InChI is InChI=1S/C17H21N3O2S/c1-10-5-7-14(15(21)9-10)20-16(22)8-6-13-11(2)18-17(23-4)19-12(13)3/h5,7,9,21H,6,8H2,1-4H3,(H,20,22). The summed E-state index contributed by atoms with van der Waals surface area (Å²) < 4.78 is 0. The minimum absolute atomic E-state index is 0.0818. The predicted octanol–water partition coefficient (Wildman–Crippen LogP) is 3.40. The molecule has 0 aliphatic rings. The highest BCUT2D eigenvalue weighted by molar-refractivity contribution is 7.98. The average Bonchev–Trinajstić information content (AvgIpc) is 2.49. The highest BCUT2D eigenvalue weighted by Crippen LogP contribution is 2.24. The molecule has 0 radical (unpaired) electrons. The van der Waals surface area contributed by atoms with E-state index >= 15 is 0 Å². The molecule has 1 heterocycles. The number of hydrogen-bond acceptors (Lipinski definition) is 5. The van der Waals surface area contributed by atoms with Gasteiger partial charge in [0.15, 0.2) is 5.16 Å². The third kappa shape index (κ3) is 4.45. The molecule has 6 heteroatoms. The molecular weight excluding hydrogens is 310 g/mol. The zero-order chi connectivity index (χ0) is 17.0. The number of anilines is 1. The second-order valence-corrected chi connectivity index (χ2v) is 6.20. The Bertz CT molecular complexity index is 709. The van der Waals surface area contributed by atoms with Gasteiger partial charge in [-0.3, -0.25) is 4.79 Å². The van der Waals surface area contributed by atoms with Gasteiger partial charge in [0.2, 0.25) is 5.91 Å². The summed E-state index contributed by atoms with van der Waals surface area (Å²) in [7, 11) is 0. The number of phenols is 1. The van der Waals surface area contributed by atoms with Crippen molar-refractivity contribution in [2.45, 2.75) is 38.8 Å². The number of phenolic OH excluding ortho intramolecular Hbond substituents is 1. The molecule has 2 aromatic rings. The van der Waals surface area contributed by atoms with Gasteiger partial charge in [0.1, 0.15) is 5.75 Å². The van der Waals surface area contributed by atoms with E-state index in [0.29, 0.717) is 18.5 Å². The first-order valence-corrected chi connectivity index (χ1v) is 8.60. The van der Waals surface area contributed by atoms with E-state index in [0.717, 1.165) is 27.7 Å². The van der Waals surface area contributed by atoms with Crippen molar-refractivity contribution in [3.05, 3.63) is 40.7 Å². The monoisotopic (exact) mass is 331 g/mol. The first-order valence-electron chi connectivity index (χ1n) is 7.38. The number of carbonyl (C=O) groups excluding carboxylic acids is 1. The van der Waals surface area contributed by atoms with Crippen LogP contribution in [-0.4, -0.2) is 27.2 Å². The van der Waals surface area contributed by atoms with E-state index < -0.39 is 0 Å². The zero-order valence-electron chi connectivity index (χ0n) is 13.8. The van der Waals surface area contributed by atoms with E-state index in [-0.39, 0.29) is 11.7 Å². The van der Waals surface area contributed by atoms with E-state index in [4.69, 9.17) is 0 Å². The number of amides is 1. The van der Waals surface area contributed by atoms with Crippen LogP contribution in [0.15, 0.2) is 23.4 Å². The Morgan fingerprint density at radius 1 is 1.22 bits per heavy atom. The lowest BCUT2D eigenvalue weighted by molar-refractivity contribution is -0.116. The van der Waals surface area contributed by atoms with Crippen LogP contribution in [-0.2, 0) is 11.2 Å². The van der Waals surface area contributed by atoms with Crippen molar-refractivity contribution in [2.24, 2.45) is 0 Å². The van der Waals surface area contributed by atoms with Crippen LogP contribution in [0.25, 0.3) is 0 Å². The third-order valence-corrected chi connectivity index (χ3v) is 4.16. The number of aryl methyl sites for hydroxylation is 3. The molecule has 0 aliphatic carbocycles. The normalized spacial score (nSPS) is 10.6. The molecule has 1 amide bonds. The molecule has 1 aromatic heterocycles. The van der Waals surface area contributed by atoms with Crippen LogP contribution in [0.5, 0.6) is 5.75 Å². The van der Waals surface area contributed by atoms with E-state index in [1.54, 1.807) is 12.1 Å². The van der Waals surface area contributed by atoms with Crippen LogP contribution in [0.2, 0.25) is 0 Å². The molecule has 5 nitrogen and oxygen atoms in total. The zero-order valence-corrected chi connectivity index (χ0v) is 14.6.